The van der Waals surface area contributed by atoms with Gasteiger partial charge >= 0.3 is 0 Å². The molecule has 2 heterocycles. The van der Waals surface area contributed by atoms with Gasteiger partial charge in [-0.2, -0.15) is 0 Å². The number of thioether (sulfide) groups is 1. The van der Waals surface area contributed by atoms with E-state index in [1.807, 2.05) is 48.7 Å². The zero-order valence-electron chi connectivity index (χ0n) is 17.6. The van der Waals surface area contributed by atoms with Crippen molar-refractivity contribution in [1.29, 1.82) is 0 Å². The number of nitrogens with one attached hydrogen (secondary N) is 1. The van der Waals surface area contributed by atoms with Crippen LogP contribution in [0.1, 0.15) is 35.0 Å². The summed E-state index contributed by atoms with van der Waals surface area (Å²) in [7, 11) is 0. The lowest BCUT2D eigenvalue weighted by molar-refractivity contribution is -0.115. The number of Topliss-reactive ketones (excluding diaryl/α,β-unsaturated/α-hetero) is 1. The Morgan fingerprint density at radius 1 is 1.12 bits per heavy atom. The summed E-state index contributed by atoms with van der Waals surface area (Å²) in [6, 6.07) is 18.0. The van der Waals surface area contributed by atoms with Gasteiger partial charge in [0.05, 0.1) is 5.52 Å². The summed E-state index contributed by atoms with van der Waals surface area (Å²) in [5.74, 6) is -0.334. The summed E-state index contributed by atoms with van der Waals surface area (Å²) in [6.07, 6.45) is 0. The predicted octanol–water partition coefficient (Wildman–Crippen LogP) is 5.15. The molecule has 0 fully saturated rings. The molecule has 4 rings (SSSR count). The standard InChI is InChI=1S/C24H21N3O3S2/c1-3-27-23(30)21-19(12-13-31-21)26-24(27)32-20(16-8-5-4-6-9-16)22(29)25-18-11-7-10-17(14-18)15(2)28/h4-14,20H,3H2,1-2H3,(H,25,29). The number of fused-ring (bicyclic) bond motifs is 1. The van der Waals surface area contributed by atoms with E-state index < -0.39 is 5.25 Å². The van der Waals surface area contributed by atoms with Gasteiger partial charge in [0.1, 0.15) is 9.95 Å². The van der Waals surface area contributed by atoms with Gasteiger partial charge < -0.3 is 5.32 Å². The molecule has 32 heavy (non-hydrogen) atoms. The third-order valence-electron chi connectivity index (χ3n) is 4.95. The number of benzene rings is 2. The predicted molar refractivity (Wildman–Crippen MR) is 130 cm³/mol. The fraction of sp³-hybridized carbons (Fsp3) is 0.167. The molecule has 0 aliphatic heterocycles. The van der Waals surface area contributed by atoms with Crippen molar-refractivity contribution in [2.75, 3.05) is 5.32 Å². The fourth-order valence-corrected chi connectivity index (χ4v) is 5.26. The number of thiophene rings is 1. The smallest absolute Gasteiger partial charge is 0.272 e. The van der Waals surface area contributed by atoms with Crippen LogP contribution in [-0.2, 0) is 11.3 Å². The summed E-state index contributed by atoms with van der Waals surface area (Å²) in [4.78, 5) is 42.7. The highest BCUT2D eigenvalue weighted by atomic mass is 32.2. The minimum Gasteiger partial charge on any atom is -0.325 e. The summed E-state index contributed by atoms with van der Waals surface area (Å²) in [5, 5.41) is 4.61. The lowest BCUT2D eigenvalue weighted by atomic mass is 10.1. The Kier molecular flexibility index (Phi) is 6.53. The van der Waals surface area contributed by atoms with Gasteiger partial charge in [-0.05, 0) is 43.0 Å². The van der Waals surface area contributed by atoms with Crippen LogP contribution in [0, 0.1) is 0 Å². The van der Waals surface area contributed by atoms with Crippen molar-refractivity contribution in [3.05, 3.63) is 87.5 Å². The van der Waals surface area contributed by atoms with Gasteiger partial charge in [0, 0.05) is 17.8 Å². The van der Waals surface area contributed by atoms with Crippen LogP contribution in [0.3, 0.4) is 0 Å². The second-order valence-electron chi connectivity index (χ2n) is 7.11. The summed E-state index contributed by atoms with van der Waals surface area (Å²) in [5.41, 5.74) is 2.39. The van der Waals surface area contributed by atoms with Crippen LogP contribution in [0.4, 0.5) is 5.69 Å². The number of hydrogen-bond acceptors (Lipinski definition) is 6. The number of aromatic nitrogens is 2. The minimum atomic E-state index is -0.641. The lowest BCUT2D eigenvalue weighted by Gasteiger charge is -2.19. The maximum Gasteiger partial charge on any atom is 0.272 e. The molecule has 1 atom stereocenters. The Morgan fingerprint density at radius 3 is 2.62 bits per heavy atom. The van der Waals surface area contributed by atoms with E-state index in [4.69, 9.17) is 0 Å². The third-order valence-corrected chi connectivity index (χ3v) is 7.08. The molecular formula is C24H21N3O3S2. The number of anilines is 1. The number of carbonyl (C=O) groups excluding carboxylic acids is 2. The SMILES string of the molecule is CCn1c(SC(C(=O)Nc2cccc(C(C)=O)c2)c2ccccc2)nc2ccsc2c1=O. The molecule has 0 radical (unpaired) electrons. The quantitative estimate of drug-likeness (QED) is 0.233. The van der Waals surface area contributed by atoms with Crippen molar-refractivity contribution < 1.29 is 9.59 Å². The minimum absolute atomic E-state index is 0.0738. The Morgan fingerprint density at radius 2 is 1.91 bits per heavy atom. The molecule has 6 nitrogen and oxygen atoms in total. The molecule has 2 aromatic heterocycles. The molecule has 1 N–H and O–H groups in total. The zero-order valence-corrected chi connectivity index (χ0v) is 19.2. The molecule has 2 aromatic carbocycles. The highest BCUT2D eigenvalue weighted by Gasteiger charge is 2.25. The Bertz CT molecular complexity index is 1350. The lowest BCUT2D eigenvalue weighted by Crippen LogP contribution is -2.24. The van der Waals surface area contributed by atoms with Crippen molar-refractivity contribution in [2.24, 2.45) is 0 Å². The normalized spacial score (nSPS) is 11.9. The first kappa shape index (κ1) is 22.0. The molecule has 0 spiro atoms. The molecule has 4 aromatic rings. The maximum absolute atomic E-state index is 13.4. The second kappa shape index (κ2) is 9.50. The van der Waals surface area contributed by atoms with E-state index >= 15 is 0 Å². The van der Waals surface area contributed by atoms with E-state index in [0.717, 1.165) is 5.56 Å². The van der Waals surface area contributed by atoms with Crippen molar-refractivity contribution in [2.45, 2.75) is 30.8 Å². The van der Waals surface area contributed by atoms with Crippen molar-refractivity contribution in [3.63, 3.8) is 0 Å². The third kappa shape index (κ3) is 4.51. The monoisotopic (exact) mass is 463 g/mol. The van der Waals surface area contributed by atoms with E-state index in [2.05, 4.69) is 10.3 Å². The first-order chi connectivity index (χ1) is 15.5. The first-order valence-electron chi connectivity index (χ1n) is 10.1. The van der Waals surface area contributed by atoms with E-state index in [1.165, 1.54) is 30.0 Å². The number of hydrogen-bond donors (Lipinski definition) is 1. The molecule has 0 bridgehead atoms. The molecule has 1 amide bonds. The van der Waals surface area contributed by atoms with Crippen LogP contribution in [0.15, 0.2) is 76.0 Å². The number of amides is 1. The topological polar surface area (TPSA) is 81.1 Å². The van der Waals surface area contributed by atoms with E-state index in [-0.39, 0.29) is 17.2 Å². The van der Waals surface area contributed by atoms with Crippen molar-refractivity contribution >= 4 is 50.7 Å². The maximum atomic E-state index is 13.4. The van der Waals surface area contributed by atoms with Crippen LogP contribution >= 0.6 is 23.1 Å². The molecule has 0 aliphatic rings. The molecule has 0 aliphatic carbocycles. The largest absolute Gasteiger partial charge is 0.325 e. The van der Waals surface area contributed by atoms with Crippen LogP contribution in [-0.4, -0.2) is 21.2 Å². The van der Waals surface area contributed by atoms with Gasteiger partial charge in [-0.15, -0.1) is 11.3 Å². The van der Waals surface area contributed by atoms with Crippen LogP contribution < -0.4 is 10.9 Å². The van der Waals surface area contributed by atoms with E-state index in [0.29, 0.717) is 33.2 Å². The van der Waals surface area contributed by atoms with Gasteiger partial charge in [0.15, 0.2) is 10.9 Å². The molecule has 162 valence electrons. The number of ketones is 1. The van der Waals surface area contributed by atoms with Crippen LogP contribution in [0.25, 0.3) is 10.2 Å². The second-order valence-corrected chi connectivity index (χ2v) is 9.10. The average Bonchev–Trinajstić information content (AvgIpc) is 3.27. The van der Waals surface area contributed by atoms with Gasteiger partial charge in [-0.25, -0.2) is 4.98 Å². The van der Waals surface area contributed by atoms with E-state index in [1.54, 1.807) is 28.8 Å². The number of rotatable bonds is 7. The average molecular weight is 464 g/mol. The highest BCUT2D eigenvalue weighted by Crippen LogP contribution is 2.36. The van der Waals surface area contributed by atoms with Gasteiger partial charge in [0.25, 0.3) is 5.56 Å². The fourth-order valence-electron chi connectivity index (χ4n) is 3.32. The molecule has 1 unspecified atom stereocenters. The summed E-state index contributed by atoms with van der Waals surface area (Å²) in [6.45, 7) is 3.82. The van der Waals surface area contributed by atoms with Crippen molar-refractivity contribution in [1.82, 2.24) is 9.55 Å². The Labute approximate surface area is 193 Å². The molecule has 0 saturated carbocycles. The van der Waals surface area contributed by atoms with Crippen molar-refractivity contribution in [3.8, 4) is 0 Å². The first-order valence-corrected chi connectivity index (χ1v) is 11.9. The van der Waals surface area contributed by atoms with Gasteiger partial charge in [-0.3, -0.25) is 19.0 Å². The van der Waals surface area contributed by atoms with Gasteiger partial charge in [-0.1, -0.05) is 54.2 Å². The molecule has 0 saturated heterocycles. The summed E-state index contributed by atoms with van der Waals surface area (Å²) < 4.78 is 2.21. The summed E-state index contributed by atoms with van der Waals surface area (Å²) >= 11 is 2.61. The highest BCUT2D eigenvalue weighted by molar-refractivity contribution is 8.00. The number of carbonyl (C=O) groups is 2. The zero-order chi connectivity index (χ0) is 22.7. The molecular weight excluding hydrogens is 442 g/mol. The molecule has 8 heteroatoms. The van der Waals surface area contributed by atoms with Gasteiger partial charge in [0.2, 0.25) is 5.91 Å². The Balaban J connectivity index is 1.72. The van der Waals surface area contributed by atoms with E-state index in [9.17, 15) is 14.4 Å². The van der Waals surface area contributed by atoms with Crippen LogP contribution in [0.5, 0.6) is 0 Å². The Hall–Kier alpha value is -3.23. The number of nitrogens with zero attached hydrogens (tertiary/aromatic N) is 2. The van der Waals surface area contributed by atoms with Crippen LogP contribution in [0.2, 0.25) is 0 Å².